The van der Waals surface area contributed by atoms with Crippen LogP contribution >= 0.6 is 0 Å². The smallest absolute Gasteiger partial charge is 0.281 e. The van der Waals surface area contributed by atoms with E-state index in [1.54, 1.807) is 13.8 Å². The van der Waals surface area contributed by atoms with Crippen molar-refractivity contribution in [2.24, 2.45) is 10.2 Å². The number of hydrogen-bond acceptors (Lipinski definition) is 8. The predicted molar refractivity (Wildman–Crippen MR) is 111 cm³/mol. The van der Waals surface area contributed by atoms with Crippen LogP contribution < -0.4 is 0 Å². The molecule has 0 aliphatic heterocycles. The molecule has 30 heavy (non-hydrogen) atoms. The van der Waals surface area contributed by atoms with Crippen LogP contribution in [0.5, 0.6) is 5.75 Å². The third-order valence-corrected chi connectivity index (χ3v) is 6.54. The van der Waals surface area contributed by atoms with E-state index in [0.717, 1.165) is 6.07 Å². The largest absolute Gasteiger partial charge is 0.504 e. The van der Waals surface area contributed by atoms with Crippen LogP contribution in [0.15, 0.2) is 63.8 Å². The Labute approximate surface area is 172 Å². The quantitative estimate of drug-likeness (QED) is 0.338. The number of phenols is 1. The van der Waals surface area contributed by atoms with Crippen molar-refractivity contribution >= 4 is 38.0 Å². The molecule has 1 heterocycles. The van der Waals surface area contributed by atoms with Gasteiger partial charge in [0.1, 0.15) is 11.2 Å². The molecule has 0 unspecified atom stereocenters. The number of aromatic nitrogens is 1. The van der Waals surface area contributed by atoms with Crippen LogP contribution in [0.2, 0.25) is 0 Å². The minimum Gasteiger partial charge on any atom is -0.504 e. The summed E-state index contributed by atoms with van der Waals surface area (Å²) in [7, 11) is -3.59. The minimum absolute atomic E-state index is 0.0429. The summed E-state index contributed by atoms with van der Waals surface area (Å²) >= 11 is 0. The number of benzene rings is 2. The maximum absolute atomic E-state index is 12.5. The summed E-state index contributed by atoms with van der Waals surface area (Å²) in [6, 6.07) is 9.87. The maximum atomic E-state index is 12.5. The lowest BCUT2D eigenvalue weighted by Crippen LogP contribution is -2.30. The second-order valence-corrected chi connectivity index (χ2v) is 8.14. The lowest BCUT2D eigenvalue weighted by Gasteiger charge is -2.18. The van der Waals surface area contributed by atoms with Crippen molar-refractivity contribution < 1.29 is 18.4 Å². The van der Waals surface area contributed by atoms with Gasteiger partial charge in [0.25, 0.3) is 5.69 Å². The van der Waals surface area contributed by atoms with E-state index in [-0.39, 0.29) is 32.9 Å². The number of aromatic hydroxyl groups is 1. The van der Waals surface area contributed by atoms with Crippen molar-refractivity contribution in [3.8, 4) is 5.75 Å². The Morgan fingerprint density at radius 3 is 2.40 bits per heavy atom. The number of hydrogen-bond donors (Lipinski definition) is 1. The summed E-state index contributed by atoms with van der Waals surface area (Å²) in [6.45, 7) is 4.23. The summed E-state index contributed by atoms with van der Waals surface area (Å²) in [5, 5.41) is 29.8. The molecule has 11 heteroatoms. The molecule has 0 fully saturated rings. The van der Waals surface area contributed by atoms with Gasteiger partial charge in [0.05, 0.1) is 20.9 Å². The summed E-state index contributed by atoms with van der Waals surface area (Å²) in [4.78, 5) is 14.9. The number of nitro benzene ring substituents is 1. The number of fused-ring (bicyclic) bond motifs is 1. The summed E-state index contributed by atoms with van der Waals surface area (Å²) in [5.41, 5.74) is -0.0174. The van der Waals surface area contributed by atoms with Gasteiger partial charge in [-0.1, -0.05) is 13.8 Å². The topological polar surface area (TPSA) is 138 Å². The zero-order valence-electron chi connectivity index (χ0n) is 16.3. The number of rotatable bonds is 7. The number of nitro groups is 1. The van der Waals surface area contributed by atoms with Gasteiger partial charge in [-0.3, -0.25) is 15.1 Å². The fraction of sp³-hybridized carbons (Fsp3) is 0.211. The van der Waals surface area contributed by atoms with Crippen LogP contribution in [0.25, 0.3) is 10.9 Å². The average molecular weight is 429 g/mol. The van der Waals surface area contributed by atoms with Crippen molar-refractivity contribution in [1.82, 2.24) is 9.29 Å². The molecule has 3 aromatic rings. The maximum Gasteiger partial charge on any atom is 0.281 e. The minimum atomic E-state index is -3.59. The van der Waals surface area contributed by atoms with Gasteiger partial charge in [0, 0.05) is 25.4 Å². The molecule has 0 bridgehead atoms. The molecule has 156 valence electrons. The molecular formula is C19H19N5O5S. The van der Waals surface area contributed by atoms with Gasteiger partial charge >= 0.3 is 0 Å². The van der Waals surface area contributed by atoms with Gasteiger partial charge in [0.2, 0.25) is 10.0 Å². The zero-order chi connectivity index (χ0) is 21.9. The third kappa shape index (κ3) is 3.98. The summed E-state index contributed by atoms with van der Waals surface area (Å²) in [6.07, 6.45) is 1.40. The first-order valence-corrected chi connectivity index (χ1v) is 10.5. The van der Waals surface area contributed by atoms with Gasteiger partial charge in [0.15, 0.2) is 5.75 Å². The molecule has 10 nitrogen and oxygen atoms in total. The summed E-state index contributed by atoms with van der Waals surface area (Å²) in [5.74, 6) is -0.333. The van der Waals surface area contributed by atoms with E-state index < -0.39 is 14.9 Å². The molecule has 2 aromatic carbocycles. The highest BCUT2D eigenvalue weighted by molar-refractivity contribution is 7.89. The standard InChI is InChI=1S/C19H19N5O5S/c1-3-23(4-2)30(28,29)14-9-7-13(8-10-14)21-22-16-12-17(24(26)27)15-6-5-11-20-18(15)19(16)25/h5-12,25H,3-4H2,1-2H3. The van der Waals surface area contributed by atoms with Crippen molar-refractivity contribution in [3.05, 3.63) is 58.8 Å². The first kappa shape index (κ1) is 21.3. The molecule has 0 amide bonds. The Balaban J connectivity index is 1.96. The molecule has 0 aliphatic rings. The Morgan fingerprint density at radius 1 is 1.13 bits per heavy atom. The van der Waals surface area contributed by atoms with Crippen molar-refractivity contribution in [2.75, 3.05) is 13.1 Å². The lowest BCUT2D eigenvalue weighted by molar-refractivity contribution is -0.383. The monoisotopic (exact) mass is 429 g/mol. The second-order valence-electron chi connectivity index (χ2n) is 6.20. The van der Waals surface area contributed by atoms with Crippen LogP contribution in [0.4, 0.5) is 17.1 Å². The highest BCUT2D eigenvalue weighted by Crippen LogP contribution is 2.40. The number of nitrogens with zero attached hydrogens (tertiary/aromatic N) is 5. The molecule has 0 atom stereocenters. The van der Waals surface area contributed by atoms with Gasteiger partial charge in [-0.15, -0.1) is 5.11 Å². The van der Waals surface area contributed by atoms with Crippen LogP contribution in [0.3, 0.4) is 0 Å². The number of non-ortho nitro benzene ring substituents is 1. The highest BCUT2D eigenvalue weighted by Gasteiger charge is 2.21. The number of phenolic OH excluding ortho intramolecular Hbond substituents is 1. The molecule has 0 spiro atoms. The Bertz CT molecular complexity index is 1220. The first-order chi connectivity index (χ1) is 14.3. The molecule has 1 N–H and O–H groups in total. The predicted octanol–water partition coefficient (Wildman–Crippen LogP) is 4.29. The van der Waals surface area contributed by atoms with Crippen LogP contribution in [0, 0.1) is 10.1 Å². The third-order valence-electron chi connectivity index (χ3n) is 4.47. The van der Waals surface area contributed by atoms with E-state index in [2.05, 4.69) is 15.2 Å². The van der Waals surface area contributed by atoms with E-state index >= 15 is 0 Å². The van der Waals surface area contributed by atoms with Crippen LogP contribution in [-0.2, 0) is 10.0 Å². The molecular weight excluding hydrogens is 410 g/mol. The van der Waals surface area contributed by atoms with Crippen molar-refractivity contribution in [3.63, 3.8) is 0 Å². The van der Waals surface area contributed by atoms with E-state index in [0.29, 0.717) is 18.8 Å². The van der Waals surface area contributed by atoms with E-state index in [4.69, 9.17) is 0 Å². The SMILES string of the molecule is CCN(CC)S(=O)(=O)c1ccc(N=Nc2cc([N+](=O)[O-])c3cccnc3c2O)cc1. The van der Waals surface area contributed by atoms with Gasteiger partial charge in [-0.2, -0.15) is 9.42 Å². The fourth-order valence-electron chi connectivity index (χ4n) is 2.93. The lowest BCUT2D eigenvalue weighted by atomic mass is 10.1. The van der Waals surface area contributed by atoms with Crippen LogP contribution in [-0.4, -0.2) is 40.8 Å². The van der Waals surface area contributed by atoms with E-state index in [1.165, 1.54) is 46.9 Å². The Kier molecular flexibility index (Phi) is 6.04. The first-order valence-electron chi connectivity index (χ1n) is 9.06. The van der Waals surface area contributed by atoms with Gasteiger partial charge in [-0.05, 0) is 36.4 Å². The van der Waals surface area contributed by atoms with E-state index in [9.17, 15) is 23.6 Å². The average Bonchev–Trinajstić information content (AvgIpc) is 2.74. The van der Waals surface area contributed by atoms with E-state index in [1.807, 2.05) is 0 Å². The number of sulfonamides is 1. The second kappa shape index (κ2) is 8.51. The normalized spacial score (nSPS) is 12.1. The van der Waals surface area contributed by atoms with Gasteiger partial charge in [-0.25, -0.2) is 8.42 Å². The number of pyridine rings is 1. The Morgan fingerprint density at radius 2 is 1.80 bits per heavy atom. The molecule has 1 aromatic heterocycles. The molecule has 0 radical (unpaired) electrons. The molecule has 0 aliphatic carbocycles. The molecule has 3 rings (SSSR count). The summed E-state index contributed by atoms with van der Waals surface area (Å²) < 4.78 is 26.4. The highest BCUT2D eigenvalue weighted by atomic mass is 32.2. The molecule has 0 saturated heterocycles. The van der Waals surface area contributed by atoms with Crippen molar-refractivity contribution in [1.29, 1.82) is 0 Å². The van der Waals surface area contributed by atoms with Crippen molar-refractivity contribution in [2.45, 2.75) is 18.7 Å². The Hall–Kier alpha value is -3.44. The molecule has 0 saturated carbocycles. The fourth-order valence-corrected chi connectivity index (χ4v) is 4.39. The van der Waals surface area contributed by atoms with Gasteiger partial charge < -0.3 is 5.11 Å². The number of azo groups is 1. The zero-order valence-corrected chi connectivity index (χ0v) is 17.1. The van der Waals surface area contributed by atoms with Crippen LogP contribution in [0.1, 0.15) is 13.8 Å².